The fourth-order valence-electron chi connectivity index (χ4n) is 0.584. The molecule has 0 aromatic carbocycles. The number of primary amides is 1. The number of amides is 1. The summed E-state index contributed by atoms with van der Waals surface area (Å²) in [5.74, 6) is 0. The zero-order chi connectivity index (χ0) is 9.84. The Hall–Kier alpha value is -1.14. The van der Waals surface area contributed by atoms with Crippen molar-refractivity contribution < 1.29 is 13.2 Å². The number of halogens is 1. The Balaban J connectivity index is 2.78. The van der Waals surface area contributed by atoms with E-state index in [4.69, 9.17) is 11.6 Å². The first kappa shape index (κ1) is 9.94. The minimum atomic E-state index is -1.92. The van der Waals surface area contributed by atoms with Crippen LogP contribution in [-0.2, 0) is 15.3 Å². The number of hydrogen-bond acceptors (Lipinski definition) is 4. The van der Waals surface area contributed by atoms with E-state index in [2.05, 4.69) is 14.9 Å². The van der Waals surface area contributed by atoms with Gasteiger partial charge in [0, 0.05) is 6.20 Å². The van der Waals surface area contributed by atoms with Gasteiger partial charge in [-0.2, -0.15) is 0 Å². The normalized spacial score (nSPS) is 12.1. The maximum absolute atomic E-state index is 11.1. The standard InChI is InChI=1S/C6H5ClN2O3S/c7-5-2-1-4(3-9-5)13(11)12-6(8)10/h1-3H,(H2,8,10). The summed E-state index contributed by atoms with van der Waals surface area (Å²) in [5, 5.41) is 0.264. The summed E-state index contributed by atoms with van der Waals surface area (Å²) in [7, 11) is 0. The Kier molecular flexibility index (Phi) is 3.21. The van der Waals surface area contributed by atoms with Crippen molar-refractivity contribution in [3.05, 3.63) is 23.5 Å². The van der Waals surface area contributed by atoms with Crippen LogP contribution in [0.4, 0.5) is 4.79 Å². The maximum Gasteiger partial charge on any atom is 0.418 e. The number of aromatic nitrogens is 1. The van der Waals surface area contributed by atoms with Crippen LogP contribution in [0.25, 0.3) is 0 Å². The first-order valence-electron chi connectivity index (χ1n) is 3.10. The maximum atomic E-state index is 11.1. The Morgan fingerprint density at radius 1 is 1.62 bits per heavy atom. The van der Waals surface area contributed by atoms with Crippen molar-refractivity contribution in [1.29, 1.82) is 0 Å². The highest BCUT2D eigenvalue weighted by molar-refractivity contribution is 7.80. The number of pyridine rings is 1. The first-order valence-corrected chi connectivity index (χ1v) is 4.56. The van der Waals surface area contributed by atoms with Gasteiger partial charge in [-0.25, -0.2) is 14.0 Å². The lowest BCUT2D eigenvalue weighted by Crippen LogP contribution is -2.14. The van der Waals surface area contributed by atoms with E-state index in [1.165, 1.54) is 18.3 Å². The zero-order valence-corrected chi connectivity index (χ0v) is 7.84. The highest BCUT2D eigenvalue weighted by atomic mass is 35.5. The molecular formula is C6H5ClN2O3S. The van der Waals surface area contributed by atoms with Crippen molar-refractivity contribution in [2.75, 3.05) is 0 Å². The molecule has 1 atom stereocenters. The van der Waals surface area contributed by atoms with Gasteiger partial charge in [-0.3, -0.25) is 0 Å². The summed E-state index contributed by atoms with van der Waals surface area (Å²) >= 11 is 3.56. The third kappa shape index (κ3) is 3.00. The van der Waals surface area contributed by atoms with E-state index < -0.39 is 17.2 Å². The molecule has 1 amide bonds. The highest BCUT2D eigenvalue weighted by Crippen LogP contribution is 2.09. The largest absolute Gasteiger partial charge is 0.418 e. The zero-order valence-electron chi connectivity index (χ0n) is 6.27. The van der Waals surface area contributed by atoms with Crippen LogP contribution in [0.5, 0.6) is 0 Å². The Morgan fingerprint density at radius 3 is 2.77 bits per heavy atom. The van der Waals surface area contributed by atoms with Gasteiger partial charge in [-0.1, -0.05) is 11.6 Å². The molecule has 0 saturated carbocycles. The lowest BCUT2D eigenvalue weighted by Gasteiger charge is -1.98. The van der Waals surface area contributed by atoms with E-state index in [-0.39, 0.29) is 10.0 Å². The molecule has 0 fully saturated rings. The SMILES string of the molecule is NC(=O)OS(=O)c1ccc(Cl)nc1. The minimum Gasteiger partial charge on any atom is -0.343 e. The number of carbonyl (C=O) groups is 1. The highest BCUT2D eigenvalue weighted by Gasteiger charge is 2.08. The number of nitrogens with zero attached hydrogens (tertiary/aromatic N) is 1. The third-order valence-electron chi connectivity index (χ3n) is 1.05. The van der Waals surface area contributed by atoms with Crippen molar-refractivity contribution in [1.82, 2.24) is 4.98 Å². The molecule has 1 unspecified atom stereocenters. The third-order valence-corrected chi connectivity index (χ3v) is 2.22. The van der Waals surface area contributed by atoms with Crippen LogP contribution in [0.3, 0.4) is 0 Å². The van der Waals surface area contributed by atoms with Gasteiger partial charge in [-0.05, 0) is 12.1 Å². The quantitative estimate of drug-likeness (QED) is 0.750. The first-order chi connectivity index (χ1) is 6.09. The minimum absolute atomic E-state index is 0.225. The Bertz CT molecular complexity index is 340. The van der Waals surface area contributed by atoms with Crippen LogP contribution < -0.4 is 5.73 Å². The van der Waals surface area contributed by atoms with Crippen LogP contribution >= 0.6 is 11.6 Å². The summed E-state index contributed by atoms with van der Waals surface area (Å²) in [6, 6.07) is 2.85. The molecule has 0 aliphatic carbocycles. The topological polar surface area (TPSA) is 82.3 Å². The van der Waals surface area contributed by atoms with Crippen molar-refractivity contribution in [2.45, 2.75) is 4.90 Å². The number of rotatable bonds is 2. The molecule has 13 heavy (non-hydrogen) atoms. The van der Waals surface area contributed by atoms with E-state index in [0.717, 1.165) is 0 Å². The van der Waals surface area contributed by atoms with Crippen molar-refractivity contribution in [3.63, 3.8) is 0 Å². The Labute approximate surface area is 81.5 Å². The molecule has 0 spiro atoms. The second-order valence-electron chi connectivity index (χ2n) is 1.95. The smallest absolute Gasteiger partial charge is 0.343 e. The van der Waals surface area contributed by atoms with E-state index >= 15 is 0 Å². The van der Waals surface area contributed by atoms with Gasteiger partial charge < -0.3 is 9.92 Å². The van der Waals surface area contributed by atoms with E-state index in [0.29, 0.717) is 0 Å². The van der Waals surface area contributed by atoms with Gasteiger partial charge in [0.15, 0.2) is 0 Å². The molecule has 0 bridgehead atoms. The molecule has 2 N–H and O–H groups in total. The fraction of sp³-hybridized carbons (Fsp3) is 0. The van der Waals surface area contributed by atoms with Gasteiger partial charge in [0.2, 0.25) is 11.1 Å². The van der Waals surface area contributed by atoms with Crippen LogP contribution in [-0.4, -0.2) is 15.3 Å². The average molecular weight is 221 g/mol. The predicted molar refractivity (Wildman–Crippen MR) is 46.3 cm³/mol. The van der Waals surface area contributed by atoms with Crippen LogP contribution in [0.2, 0.25) is 5.15 Å². The lowest BCUT2D eigenvalue weighted by atomic mass is 10.5. The predicted octanol–water partition coefficient (Wildman–Crippen LogP) is 0.853. The molecule has 0 aliphatic rings. The van der Waals surface area contributed by atoms with Crippen LogP contribution in [0.1, 0.15) is 0 Å². The Morgan fingerprint density at radius 2 is 2.31 bits per heavy atom. The molecule has 1 aromatic rings. The summed E-state index contributed by atoms with van der Waals surface area (Å²) in [4.78, 5) is 14.1. The van der Waals surface area contributed by atoms with E-state index in [9.17, 15) is 9.00 Å². The summed E-state index contributed by atoms with van der Waals surface area (Å²) in [6.07, 6.45) is 0.134. The number of nitrogens with two attached hydrogens (primary N) is 1. The average Bonchev–Trinajstić information content (AvgIpc) is 2.04. The van der Waals surface area contributed by atoms with E-state index in [1.807, 2.05) is 0 Å². The monoisotopic (exact) mass is 220 g/mol. The second kappa shape index (κ2) is 4.20. The van der Waals surface area contributed by atoms with Crippen LogP contribution in [0, 0.1) is 0 Å². The molecule has 0 radical (unpaired) electrons. The molecule has 5 nitrogen and oxygen atoms in total. The molecule has 1 aromatic heterocycles. The summed E-state index contributed by atoms with van der Waals surface area (Å²) in [5.41, 5.74) is 4.66. The van der Waals surface area contributed by atoms with Crippen LogP contribution in [0.15, 0.2) is 23.2 Å². The molecule has 1 rings (SSSR count). The van der Waals surface area contributed by atoms with Crippen molar-refractivity contribution >= 4 is 28.8 Å². The molecule has 70 valence electrons. The second-order valence-corrected chi connectivity index (χ2v) is 3.45. The van der Waals surface area contributed by atoms with E-state index in [1.54, 1.807) is 0 Å². The van der Waals surface area contributed by atoms with Gasteiger partial charge in [0.05, 0.1) is 4.90 Å². The molecule has 0 aliphatic heterocycles. The van der Waals surface area contributed by atoms with Crippen molar-refractivity contribution in [3.8, 4) is 0 Å². The number of hydrogen-bond donors (Lipinski definition) is 1. The summed E-state index contributed by atoms with van der Waals surface area (Å²) in [6.45, 7) is 0. The fourth-order valence-corrected chi connectivity index (χ4v) is 1.26. The van der Waals surface area contributed by atoms with Gasteiger partial charge in [0.25, 0.3) is 0 Å². The molecular weight excluding hydrogens is 216 g/mol. The lowest BCUT2D eigenvalue weighted by molar-refractivity contribution is 0.216. The molecule has 0 saturated heterocycles. The molecule has 7 heteroatoms. The van der Waals surface area contributed by atoms with Gasteiger partial charge in [-0.15, -0.1) is 0 Å². The molecule has 1 heterocycles. The number of carbonyl (C=O) groups excluding carboxylic acids is 1. The summed E-state index contributed by atoms with van der Waals surface area (Å²) < 4.78 is 15.3. The van der Waals surface area contributed by atoms with Gasteiger partial charge in [0.1, 0.15) is 5.15 Å². The van der Waals surface area contributed by atoms with Crippen molar-refractivity contribution in [2.24, 2.45) is 5.73 Å². The van der Waals surface area contributed by atoms with Gasteiger partial charge >= 0.3 is 6.09 Å².